The van der Waals surface area contributed by atoms with E-state index in [4.69, 9.17) is 5.73 Å². The van der Waals surface area contributed by atoms with Crippen LogP contribution in [0.4, 0.5) is 11.4 Å². The molecule has 0 bridgehead atoms. The number of rotatable bonds is 1. The van der Waals surface area contributed by atoms with Gasteiger partial charge in [-0.15, -0.1) is 0 Å². The summed E-state index contributed by atoms with van der Waals surface area (Å²) in [6.07, 6.45) is 3.43. The van der Waals surface area contributed by atoms with Crippen molar-refractivity contribution in [1.29, 1.82) is 0 Å². The quantitative estimate of drug-likeness (QED) is 0.814. The van der Waals surface area contributed by atoms with Crippen molar-refractivity contribution in [3.8, 4) is 0 Å². The molecule has 2 N–H and O–H groups in total. The van der Waals surface area contributed by atoms with E-state index in [1.807, 2.05) is 23.1 Å². The lowest BCUT2D eigenvalue weighted by Crippen LogP contribution is -2.37. The van der Waals surface area contributed by atoms with E-state index < -0.39 is 0 Å². The summed E-state index contributed by atoms with van der Waals surface area (Å²) < 4.78 is 0. The van der Waals surface area contributed by atoms with Crippen LogP contribution in [-0.2, 0) is 17.6 Å². The highest BCUT2D eigenvalue weighted by molar-refractivity contribution is 5.97. The van der Waals surface area contributed by atoms with Crippen LogP contribution < -0.4 is 10.6 Å². The predicted molar refractivity (Wildman–Crippen MR) is 84.2 cm³/mol. The Bertz CT molecular complexity index is 723. The monoisotopic (exact) mass is 278 g/mol. The summed E-state index contributed by atoms with van der Waals surface area (Å²) >= 11 is 0. The fraction of sp³-hybridized carbons (Fsp3) is 0.278. The SMILES string of the molecule is Nc1ccc2c(c1)CCC(=O)N2C1CCc2ccccc21. The van der Waals surface area contributed by atoms with Gasteiger partial charge in [0, 0.05) is 17.8 Å². The molecule has 1 amide bonds. The number of nitrogens with two attached hydrogens (primary N) is 1. The minimum absolute atomic E-state index is 0.177. The molecule has 0 fully saturated rings. The summed E-state index contributed by atoms with van der Waals surface area (Å²) in [5.74, 6) is 0.231. The molecule has 1 atom stereocenters. The van der Waals surface area contributed by atoms with Crippen LogP contribution in [0.2, 0.25) is 0 Å². The van der Waals surface area contributed by atoms with Gasteiger partial charge in [-0.1, -0.05) is 24.3 Å². The smallest absolute Gasteiger partial charge is 0.227 e. The highest BCUT2D eigenvalue weighted by Crippen LogP contribution is 2.42. The van der Waals surface area contributed by atoms with E-state index >= 15 is 0 Å². The van der Waals surface area contributed by atoms with Gasteiger partial charge in [-0.05, 0) is 54.2 Å². The maximum Gasteiger partial charge on any atom is 0.227 e. The van der Waals surface area contributed by atoms with E-state index in [9.17, 15) is 4.79 Å². The fourth-order valence-electron chi connectivity index (χ4n) is 3.68. The third-order valence-electron chi connectivity index (χ3n) is 4.65. The van der Waals surface area contributed by atoms with Gasteiger partial charge in [-0.2, -0.15) is 0 Å². The first-order valence-corrected chi connectivity index (χ1v) is 7.52. The first kappa shape index (κ1) is 12.5. The number of hydrogen-bond acceptors (Lipinski definition) is 2. The zero-order chi connectivity index (χ0) is 14.4. The molecule has 2 aliphatic rings. The second-order valence-electron chi connectivity index (χ2n) is 5.91. The van der Waals surface area contributed by atoms with Crippen molar-refractivity contribution in [2.24, 2.45) is 0 Å². The summed E-state index contributed by atoms with van der Waals surface area (Å²) in [6, 6.07) is 14.6. The molecule has 1 aliphatic heterocycles. The van der Waals surface area contributed by atoms with Crippen molar-refractivity contribution in [2.75, 3.05) is 10.6 Å². The van der Waals surface area contributed by atoms with Crippen molar-refractivity contribution in [1.82, 2.24) is 0 Å². The number of fused-ring (bicyclic) bond motifs is 2. The molecule has 0 saturated carbocycles. The van der Waals surface area contributed by atoms with Crippen LogP contribution in [0.5, 0.6) is 0 Å². The van der Waals surface area contributed by atoms with Crippen molar-refractivity contribution < 1.29 is 4.79 Å². The molecule has 0 radical (unpaired) electrons. The number of aryl methyl sites for hydroxylation is 2. The number of nitrogen functional groups attached to an aromatic ring is 1. The van der Waals surface area contributed by atoms with Crippen molar-refractivity contribution in [2.45, 2.75) is 31.7 Å². The molecular formula is C18H18N2O. The number of anilines is 2. The third-order valence-corrected chi connectivity index (χ3v) is 4.65. The molecular weight excluding hydrogens is 260 g/mol. The summed E-state index contributed by atoms with van der Waals surface area (Å²) in [5, 5.41) is 0. The van der Waals surface area contributed by atoms with Gasteiger partial charge in [-0.3, -0.25) is 4.79 Å². The molecule has 1 heterocycles. The molecule has 2 aromatic rings. The zero-order valence-corrected chi connectivity index (χ0v) is 11.9. The van der Waals surface area contributed by atoms with Gasteiger partial charge < -0.3 is 10.6 Å². The number of carbonyl (C=O) groups excluding carboxylic acids is 1. The molecule has 1 aliphatic carbocycles. The zero-order valence-electron chi connectivity index (χ0n) is 11.9. The summed E-state index contributed by atoms with van der Waals surface area (Å²) in [5.41, 5.74) is 11.6. The van der Waals surface area contributed by atoms with E-state index in [0.717, 1.165) is 30.6 Å². The van der Waals surface area contributed by atoms with Gasteiger partial charge in [0.2, 0.25) is 5.91 Å². The molecule has 0 aromatic heterocycles. The Balaban J connectivity index is 1.81. The maximum atomic E-state index is 12.5. The molecule has 2 aromatic carbocycles. The van der Waals surface area contributed by atoms with E-state index in [1.165, 1.54) is 16.7 Å². The van der Waals surface area contributed by atoms with Crippen molar-refractivity contribution in [3.05, 3.63) is 59.2 Å². The van der Waals surface area contributed by atoms with Gasteiger partial charge in [0.1, 0.15) is 0 Å². The summed E-state index contributed by atoms with van der Waals surface area (Å²) in [4.78, 5) is 14.5. The topological polar surface area (TPSA) is 46.3 Å². The van der Waals surface area contributed by atoms with Gasteiger partial charge in [0.25, 0.3) is 0 Å². The summed E-state index contributed by atoms with van der Waals surface area (Å²) in [6.45, 7) is 0. The van der Waals surface area contributed by atoms with Crippen LogP contribution >= 0.6 is 0 Å². The highest BCUT2D eigenvalue weighted by Gasteiger charge is 2.34. The normalized spacial score (nSPS) is 20.3. The standard InChI is InChI=1S/C18H18N2O/c19-14-7-9-16-13(11-14)6-10-18(21)20(16)17-8-5-12-3-1-2-4-15(12)17/h1-4,7,9,11,17H,5-6,8,10,19H2. The minimum Gasteiger partial charge on any atom is -0.399 e. The van der Waals surface area contributed by atoms with Crippen LogP contribution in [-0.4, -0.2) is 5.91 Å². The number of nitrogens with zero attached hydrogens (tertiary/aromatic N) is 1. The average Bonchev–Trinajstić information content (AvgIpc) is 2.91. The van der Waals surface area contributed by atoms with Crippen LogP contribution in [0, 0.1) is 0 Å². The largest absolute Gasteiger partial charge is 0.399 e. The minimum atomic E-state index is 0.177. The number of benzene rings is 2. The fourth-order valence-corrected chi connectivity index (χ4v) is 3.68. The second kappa shape index (κ2) is 4.62. The first-order valence-electron chi connectivity index (χ1n) is 7.52. The number of amides is 1. The Morgan fingerprint density at radius 3 is 2.76 bits per heavy atom. The second-order valence-corrected chi connectivity index (χ2v) is 5.91. The highest BCUT2D eigenvalue weighted by atomic mass is 16.2. The number of hydrogen-bond donors (Lipinski definition) is 1. The Hall–Kier alpha value is -2.29. The van der Waals surface area contributed by atoms with Crippen LogP contribution in [0.3, 0.4) is 0 Å². The molecule has 21 heavy (non-hydrogen) atoms. The van der Waals surface area contributed by atoms with Crippen LogP contribution in [0.1, 0.15) is 35.6 Å². The van der Waals surface area contributed by atoms with E-state index in [1.54, 1.807) is 0 Å². The Kier molecular flexibility index (Phi) is 2.74. The van der Waals surface area contributed by atoms with E-state index in [0.29, 0.717) is 6.42 Å². The third kappa shape index (κ3) is 1.92. The van der Waals surface area contributed by atoms with Crippen LogP contribution in [0.15, 0.2) is 42.5 Å². The van der Waals surface area contributed by atoms with Crippen LogP contribution in [0.25, 0.3) is 0 Å². The molecule has 106 valence electrons. The molecule has 4 rings (SSSR count). The van der Waals surface area contributed by atoms with E-state index in [2.05, 4.69) is 24.3 Å². The van der Waals surface area contributed by atoms with Crippen molar-refractivity contribution in [3.63, 3.8) is 0 Å². The number of carbonyl (C=O) groups is 1. The van der Waals surface area contributed by atoms with Gasteiger partial charge >= 0.3 is 0 Å². The van der Waals surface area contributed by atoms with E-state index in [-0.39, 0.29) is 11.9 Å². The van der Waals surface area contributed by atoms with Gasteiger partial charge in [0.15, 0.2) is 0 Å². The Morgan fingerprint density at radius 1 is 1.00 bits per heavy atom. The Morgan fingerprint density at radius 2 is 1.86 bits per heavy atom. The summed E-state index contributed by atoms with van der Waals surface area (Å²) in [7, 11) is 0. The average molecular weight is 278 g/mol. The van der Waals surface area contributed by atoms with Gasteiger partial charge in [0.05, 0.1) is 6.04 Å². The molecule has 1 unspecified atom stereocenters. The first-order chi connectivity index (χ1) is 10.2. The lowest BCUT2D eigenvalue weighted by Gasteiger charge is -2.35. The lowest BCUT2D eigenvalue weighted by molar-refractivity contribution is -0.119. The molecule has 0 saturated heterocycles. The van der Waals surface area contributed by atoms with Crippen molar-refractivity contribution >= 4 is 17.3 Å². The lowest BCUT2D eigenvalue weighted by atomic mass is 9.97. The Labute approximate surface area is 124 Å². The van der Waals surface area contributed by atoms with Gasteiger partial charge in [-0.25, -0.2) is 0 Å². The maximum absolute atomic E-state index is 12.5. The molecule has 0 spiro atoms. The predicted octanol–water partition coefficient (Wildman–Crippen LogP) is 3.24. The molecule has 3 nitrogen and oxygen atoms in total. The molecule has 3 heteroatoms.